The first-order valence-electron chi connectivity index (χ1n) is 6.95. The second-order valence-corrected chi connectivity index (χ2v) is 5.71. The van der Waals surface area contributed by atoms with E-state index < -0.39 is 0 Å². The molecule has 0 saturated carbocycles. The van der Waals surface area contributed by atoms with Crippen molar-refractivity contribution in [2.75, 3.05) is 5.32 Å². The van der Waals surface area contributed by atoms with Crippen LogP contribution < -0.4 is 5.32 Å². The Hall–Kier alpha value is -2.06. The van der Waals surface area contributed by atoms with Crippen LogP contribution in [0.5, 0.6) is 0 Å². The number of nitrogens with zero attached hydrogens (tertiary/aromatic N) is 1. The molecule has 0 fully saturated rings. The summed E-state index contributed by atoms with van der Waals surface area (Å²) in [6, 6.07) is 14.3. The van der Waals surface area contributed by atoms with Crippen molar-refractivity contribution in [1.29, 1.82) is 0 Å². The third-order valence-electron chi connectivity index (χ3n) is 3.72. The molecule has 1 heterocycles. The maximum Gasteiger partial charge on any atom is 0.0955 e. The largest absolute Gasteiger partial charge is 0.354 e. The fraction of sp³-hybridized carbons (Fsp3) is 0.167. The van der Waals surface area contributed by atoms with Crippen molar-refractivity contribution in [1.82, 2.24) is 4.98 Å². The van der Waals surface area contributed by atoms with Crippen LogP contribution in [-0.4, -0.2) is 4.98 Å². The number of para-hydroxylation sites is 1. The van der Waals surface area contributed by atoms with Crippen LogP contribution >= 0.6 is 11.6 Å². The van der Waals surface area contributed by atoms with E-state index in [-0.39, 0.29) is 0 Å². The Bertz CT molecular complexity index is 825. The molecule has 0 aliphatic heterocycles. The third kappa shape index (κ3) is 2.59. The molecule has 2 nitrogen and oxygen atoms in total. The molecule has 0 radical (unpaired) electrons. The standard InChI is InChI=1S/C18H17ClN2/c1-11-6-4-7-14(10-11)21-16-9-5-8-15-17(19)12(2)13(3)20-18(15)16/h4-10,21H,1-3H3. The highest BCUT2D eigenvalue weighted by molar-refractivity contribution is 6.36. The van der Waals surface area contributed by atoms with Crippen LogP contribution in [0.15, 0.2) is 42.5 Å². The highest BCUT2D eigenvalue weighted by Gasteiger charge is 2.10. The molecule has 1 N–H and O–H groups in total. The predicted octanol–water partition coefficient (Wildman–Crippen LogP) is 5.56. The molecular formula is C18H17ClN2. The minimum Gasteiger partial charge on any atom is -0.354 e. The highest BCUT2D eigenvalue weighted by atomic mass is 35.5. The number of hydrogen-bond donors (Lipinski definition) is 1. The van der Waals surface area contributed by atoms with Gasteiger partial charge in [0.15, 0.2) is 0 Å². The number of rotatable bonds is 2. The number of halogens is 1. The van der Waals surface area contributed by atoms with Gasteiger partial charge in [-0.25, -0.2) is 0 Å². The van der Waals surface area contributed by atoms with Crippen LogP contribution in [0.2, 0.25) is 5.02 Å². The van der Waals surface area contributed by atoms with E-state index in [0.717, 1.165) is 38.6 Å². The van der Waals surface area contributed by atoms with E-state index >= 15 is 0 Å². The van der Waals surface area contributed by atoms with Crippen molar-refractivity contribution in [3.63, 3.8) is 0 Å². The molecule has 3 rings (SSSR count). The maximum atomic E-state index is 6.46. The number of fused-ring (bicyclic) bond motifs is 1. The predicted molar refractivity (Wildman–Crippen MR) is 90.7 cm³/mol. The van der Waals surface area contributed by atoms with E-state index in [1.54, 1.807) is 0 Å². The lowest BCUT2D eigenvalue weighted by Gasteiger charge is -2.13. The zero-order valence-electron chi connectivity index (χ0n) is 12.4. The van der Waals surface area contributed by atoms with Gasteiger partial charge >= 0.3 is 0 Å². The summed E-state index contributed by atoms with van der Waals surface area (Å²) < 4.78 is 0. The third-order valence-corrected chi connectivity index (χ3v) is 4.21. The summed E-state index contributed by atoms with van der Waals surface area (Å²) in [4.78, 5) is 4.71. The van der Waals surface area contributed by atoms with Gasteiger partial charge in [-0.05, 0) is 50.1 Å². The van der Waals surface area contributed by atoms with E-state index in [1.807, 2.05) is 38.1 Å². The Morgan fingerprint density at radius 1 is 1.00 bits per heavy atom. The first-order chi connectivity index (χ1) is 10.1. The van der Waals surface area contributed by atoms with E-state index in [2.05, 4.69) is 30.4 Å². The van der Waals surface area contributed by atoms with Gasteiger partial charge < -0.3 is 5.32 Å². The molecule has 21 heavy (non-hydrogen) atoms. The van der Waals surface area contributed by atoms with Gasteiger partial charge in [0.1, 0.15) is 0 Å². The van der Waals surface area contributed by atoms with Gasteiger partial charge in [-0.3, -0.25) is 4.98 Å². The number of benzene rings is 2. The molecule has 0 aliphatic rings. The van der Waals surface area contributed by atoms with Gasteiger partial charge in [0.2, 0.25) is 0 Å². The second kappa shape index (κ2) is 5.38. The summed E-state index contributed by atoms with van der Waals surface area (Å²) >= 11 is 6.46. The minimum atomic E-state index is 0.783. The monoisotopic (exact) mass is 296 g/mol. The van der Waals surface area contributed by atoms with Crippen molar-refractivity contribution in [2.45, 2.75) is 20.8 Å². The summed E-state index contributed by atoms with van der Waals surface area (Å²) in [5.74, 6) is 0. The van der Waals surface area contributed by atoms with Gasteiger partial charge in [-0.15, -0.1) is 0 Å². The maximum absolute atomic E-state index is 6.46. The Morgan fingerprint density at radius 3 is 2.52 bits per heavy atom. The lowest BCUT2D eigenvalue weighted by molar-refractivity contribution is 1.20. The smallest absolute Gasteiger partial charge is 0.0955 e. The van der Waals surface area contributed by atoms with E-state index in [0.29, 0.717) is 0 Å². The van der Waals surface area contributed by atoms with Crippen LogP contribution in [0.3, 0.4) is 0 Å². The lowest BCUT2D eigenvalue weighted by Crippen LogP contribution is -1.96. The lowest BCUT2D eigenvalue weighted by atomic mass is 10.1. The first-order valence-corrected chi connectivity index (χ1v) is 7.33. The summed E-state index contributed by atoms with van der Waals surface area (Å²) in [7, 11) is 0. The summed E-state index contributed by atoms with van der Waals surface area (Å²) in [6.45, 7) is 6.08. The molecule has 0 spiro atoms. The van der Waals surface area contributed by atoms with Gasteiger partial charge in [0.05, 0.1) is 16.2 Å². The molecular weight excluding hydrogens is 280 g/mol. The quantitative estimate of drug-likeness (QED) is 0.670. The number of anilines is 2. The van der Waals surface area contributed by atoms with Gasteiger partial charge in [0, 0.05) is 16.8 Å². The molecule has 0 bridgehead atoms. The molecule has 0 saturated heterocycles. The van der Waals surface area contributed by atoms with Crippen molar-refractivity contribution in [3.8, 4) is 0 Å². The zero-order valence-corrected chi connectivity index (χ0v) is 13.1. The summed E-state index contributed by atoms with van der Waals surface area (Å²) in [6.07, 6.45) is 0. The second-order valence-electron chi connectivity index (χ2n) is 5.33. The van der Waals surface area contributed by atoms with Crippen molar-refractivity contribution >= 4 is 33.9 Å². The van der Waals surface area contributed by atoms with Gasteiger partial charge in [-0.1, -0.05) is 35.9 Å². The number of pyridine rings is 1. The topological polar surface area (TPSA) is 24.9 Å². The molecule has 3 aromatic rings. The van der Waals surface area contributed by atoms with Gasteiger partial charge in [0.25, 0.3) is 0 Å². The average molecular weight is 297 g/mol. The molecule has 0 aliphatic carbocycles. The van der Waals surface area contributed by atoms with Crippen LogP contribution in [0, 0.1) is 20.8 Å². The van der Waals surface area contributed by atoms with E-state index in [4.69, 9.17) is 16.6 Å². The highest BCUT2D eigenvalue weighted by Crippen LogP contribution is 2.32. The van der Waals surface area contributed by atoms with E-state index in [9.17, 15) is 0 Å². The first kappa shape index (κ1) is 13.9. The molecule has 0 unspecified atom stereocenters. The molecule has 1 aromatic heterocycles. The average Bonchev–Trinajstić information content (AvgIpc) is 2.46. The van der Waals surface area contributed by atoms with Crippen LogP contribution in [0.1, 0.15) is 16.8 Å². The van der Waals surface area contributed by atoms with Crippen LogP contribution in [-0.2, 0) is 0 Å². The fourth-order valence-electron chi connectivity index (χ4n) is 2.43. The minimum absolute atomic E-state index is 0.783. The number of nitrogens with one attached hydrogen (secondary N) is 1. The Kier molecular flexibility index (Phi) is 3.56. The molecule has 0 amide bonds. The molecule has 0 atom stereocenters. The molecule has 3 heteroatoms. The normalized spacial score (nSPS) is 10.9. The Morgan fingerprint density at radius 2 is 1.76 bits per heavy atom. The fourth-order valence-corrected chi connectivity index (χ4v) is 2.72. The van der Waals surface area contributed by atoms with Crippen molar-refractivity contribution < 1.29 is 0 Å². The van der Waals surface area contributed by atoms with Crippen LogP contribution in [0.25, 0.3) is 10.9 Å². The number of hydrogen-bond acceptors (Lipinski definition) is 2. The number of aryl methyl sites for hydroxylation is 2. The Balaban J connectivity index is 2.15. The van der Waals surface area contributed by atoms with Crippen molar-refractivity contribution in [2.24, 2.45) is 0 Å². The number of aromatic nitrogens is 1. The summed E-state index contributed by atoms with van der Waals surface area (Å²) in [5, 5.41) is 5.21. The SMILES string of the molecule is Cc1cccc(Nc2cccc3c(Cl)c(C)c(C)nc23)c1. The zero-order chi connectivity index (χ0) is 15.0. The molecule has 2 aromatic carbocycles. The van der Waals surface area contributed by atoms with E-state index in [1.165, 1.54) is 5.56 Å². The van der Waals surface area contributed by atoms with Crippen molar-refractivity contribution in [3.05, 3.63) is 64.3 Å². The summed E-state index contributed by atoms with van der Waals surface area (Å²) in [5.41, 5.74) is 6.16. The van der Waals surface area contributed by atoms with Crippen LogP contribution in [0.4, 0.5) is 11.4 Å². The van der Waals surface area contributed by atoms with Gasteiger partial charge in [-0.2, -0.15) is 0 Å². The molecule has 106 valence electrons. The Labute approximate surface area is 129 Å².